The van der Waals surface area contributed by atoms with Gasteiger partial charge >= 0.3 is 11.9 Å². The number of carbonyl (C=O) groups excluding carboxylic acids is 2. The molecule has 0 atom stereocenters. The number of benzene rings is 1. The van der Waals surface area contributed by atoms with Crippen molar-refractivity contribution in [2.45, 2.75) is 39.5 Å². The van der Waals surface area contributed by atoms with Crippen LogP contribution in [0, 0.1) is 0 Å². The molecule has 0 heterocycles. The molecule has 0 N–H and O–H groups in total. The Bertz CT molecular complexity index is 426. The lowest BCUT2D eigenvalue weighted by Gasteiger charge is -2.08. The second kappa shape index (κ2) is 8.29. The predicted molar refractivity (Wildman–Crippen MR) is 72.2 cm³/mol. The van der Waals surface area contributed by atoms with Gasteiger partial charge in [-0.05, 0) is 18.6 Å². The fourth-order valence-corrected chi connectivity index (χ4v) is 1.65. The summed E-state index contributed by atoms with van der Waals surface area (Å²) in [7, 11) is 0. The van der Waals surface area contributed by atoms with E-state index in [-0.39, 0.29) is 11.3 Å². The smallest absolute Gasteiger partial charge is 0.341 e. The van der Waals surface area contributed by atoms with E-state index in [1.165, 1.54) is 6.92 Å². The van der Waals surface area contributed by atoms with Crippen molar-refractivity contribution >= 4 is 11.9 Å². The van der Waals surface area contributed by atoms with Crippen molar-refractivity contribution in [3.8, 4) is 5.75 Å². The molecular weight excluding hydrogens is 244 g/mol. The predicted octanol–water partition coefficient (Wildman–Crippen LogP) is 3.35. The molecule has 0 unspecified atom stereocenters. The Hall–Kier alpha value is -1.84. The van der Waals surface area contributed by atoms with Crippen LogP contribution in [0.25, 0.3) is 0 Å². The van der Waals surface area contributed by atoms with E-state index in [0.717, 1.165) is 25.7 Å². The molecule has 19 heavy (non-hydrogen) atoms. The molecule has 1 aromatic rings. The summed E-state index contributed by atoms with van der Waals surface area (Å²) in [6.45, 7) is 3.82. The molecule has 104 valence electrons. The molecule has 0 aromatic heterocycles. The van der Waals surface area contributed by atoms with Crippen LogP contribution in [0.4, 0.5) is 0 Å². The largest absolute Gasteiger partial charge is 0.462 e. The van der Waals surface area contributed by atoms with E-state index in [4.69, 9.17) is 9.47 Å². The lowest BCUT2D eigenvalue weighted by molar-refractivity contribution is -0.131. The van der Waals surface area contributed by atoms with Crippen molar-refractivity contribution < 1.29 is 19.1 Å². The fraction of sp³-hybridized carbons (Fsp3) is 0.467. The molecule has 4 heteroatoms. The standard InChI is InChI=1S/C15H20O4/c1-3-4-5-8-11-18-15(17)13-9-6-7-10-14(13)19-12(2)16/h6-7,9-10H,3-5,8,11H2,1-2H3. The highest BCUT2D eigenvalue weighted by Gasteiger charge is 2.14. The Balaban J connectivity index is 2.54. The van der Waals surface area contributed by atoms with Gasteiger partial charge in [-0.1, -0.05) is 38.3 Å². The Labute approximate surface area is 113 Å². The van der Waals surface area contributed by atoms with E-state index in [9.17, 15) is 9.59 Å². The van der Waals surface area contributed by atoms with E-state index in [1.807, 2.05) is 0 Å². The Morgan fingerprint density at radius 1 is 1.11 bits per heavy atom. The summed E-state index contributed by atoms with van der Waals surface area (Å²) >= 11 is 0. The van der Waals surface area contributed by atoms with Crippen LogP contribution in [-0.4, -0.2) is 18.5 Å². The van der Waals surface area contributed by atoms with Gasteiger partial charge in [0.1, 0.15) is 11.3 Å². The fourth-order valence-electron chi connectivity index (χ4n) is 1.65. The zero-order valence-electron chi connectivity index (χ0n) is 11.5. The Kier molecular flexibility index (Phi) is 6.64. The third-order valence-electron chi connectivity index (χ3n) is 2.59. The normalized spacial score (nSPS) is 10.0. The molecule has 0 bridgehead atoms. The minimum absolute atomic E-state index is 0.244. The summed E-state index contributed by atoms with van der Waals surface area (Å²) in [5.74, 6) is -0.662. The van der Waals surface area contributed by atoms with Crippen LogP contribution < -0.4 is 4.74 Å². The molecule has 0 spiro atoms. The van der Waals surface area contributed by atoms with Gasteiger partial charge in [0.2, 0.25) is 0 Å². The average Bonchev–Trinajstić information content (AvgIpc) is 2.38. The van der Waals surface area contributed by atoms with Gasteiger partial charge in [-0.15, -0.1) is 0 Å². The van der Waals surface area contributed by atoms with Crippen molar-refractivity contribution in [1.82, 2.24) is 0 Å². The quantitative estimate of drug-likeness (QED) is 0.430. The maximum absolute atomic E-state index is 11.9. The molecule has 0 radical (unpaired) electrons. The zero-order valence-corrected chi connectivity index (χ0v) is 11.5. The third kappa shape index (κ3) is 5.55. The Morgan fingerprint density at radius 2 is 1.84 bits per heavy atom. The van der Waals surface area contributed by atoms with Crippen molar-refractivity contribution in [3.63, 3.8) is 0 Å². The van der Waals surface area contributed by atoms with Crippen molar-refractivity contribution in [1.29, 1.82) is 0 Å². The number of para-hydroxylation sites is 1. The monoisotopic (exact) mass is 264 g/mol. The zero-order chi connectivity index (χ0) is 14.1. The first-order chi connectivity index (χ1) is 9.15. The SMILES string of the molecule is CCCCCCOC(=O)c1ccccc1OC(C)=O. The molecule has 0 aliphatic rings. The maximum atomic E-state index is 11.9. The first-order valence-corrected chi connectivity index (χ1v) is 6.59. The van der Waals surface area contributed by atoms with E-state index in [0.29, 0.717) is 6.61 Å². The minimum Gasteiger partial charge on any atom is -0.462 e. The van der Waals surface area contributed by atoms with Crippen LogP contribution in [-0.2, 0) is 9.53 Å². The minimum atomic E-state index is -0.455. The molecular formula is C15H20O4. The highest BCUT2D eigenvalue weighted by Crippen LogP contribution is 2.19. The first-order valence-electron chi connectivity index (χ1n) is 6.59. The summed E-state index contributed by atoms with van der Waals surface area (Å²) in [6.07, 6.45) is 4.19. The number of hydrogen-bond acceptors (Lipinski definition) is 4. The van der Waals surface area contributed by atoms with E-state index >= 15 is 0 Å². The molecule has 4 nitrogen and oxygen atoms in total. The van der Waals surface area contributed by atoms with E-state index < -0.39 is 11.9 Å². The van der Waals surface area contributed by atoms with Gasteiger partial charge in [-0.2, -0.15) is 0 Å². The molecule has 0 amide bonds. The number of ether oxygens (including phenoxy) is 2. The van der Waals surface area contributed by atoms with Crippen molar-refractivity contribution in [2.75, 3.05) is 6.61 Å². The summed E-state index contributed by atoms with van der Waals surface area (Å²) in [6, 6.07) is 6.58. The van der Waals surface area contributed by atoms with Crippen LogP contribution in [0.5, 0.6) is 5.75 Å². The second-order valence-electron chi connectivity index (χ2n) is 4.29. The third-order valence-corrected chi connectivity index (χ3v) is 2.59. The molecule has 0 aliphatic heterocycles. The number of rotatable bonds is 7. The number of hydrogen-bond donors (Lipinski definition) is 0. The van der Waals surface area contributed by atoms with Crippen LogP contribution in [0.3, 0.4) is 0 Å². The van der Waals surface area contributed by atoms with Gasteiger partial charge in [-0.3, -0.25) is 4.79 Å². The molecule has 0 saturated carbocycles. The molecule has 0 fully saturated rings. The van der Waals surface area contributed by atoms with Crippen molar-refractivity contribution in [2.24, 2.45) is 0 Å². The van der Waals surface area contributed by atoms with Crippen LogP contribution >= 0.6 is 0 Å². The summed E-state index contributed by atoms with van der Waals surface area (Å²) in [5, 5.41) is 0. The van der Waals surface area contributed by atoms with Crippen molar-refractivity contribution in [3.05, 3.63) is 29.8 Å². The number of esters is 2. The summed E-state index contributed by atoms with van der Waals surface area (Å²) in [4.78, 5) is 22.8. The van der Waals surface area contributed by atoms with Crippen LogP contribution in [0.1, 0.15) is 49.9 Å². The van der Waals surface area contributed by atoms with E-state index in [2.05, 4.69) is 6.92 Å². The van der Waals surface area contributed by atoms with Gasteiger partial charge in [-0.25, -0.2) is 4.79 Å². The first kappa shape index (κ1) is 15.2. The van der Waals surface area contributed by atoms with Crippen LogP contribution in [0.2, 0.25) is 0 Å². The summed E-state index contributed by atoms with van der Waals surface area (Å²) < 4.78 is 10.1. The maximum Gasteiger partial charge on any atom is 0.341 e. The average molecular weight is 264 g/mol. The lowest BCUT2D eigenvalue weighted by Crippen LogP contribution is -2.11. The number of unbranched alkanes of at least 4 members (excludes halogenated alkanes) is 3. The van der Waals surface area contributed by atoms with Gasteiger partial charge in [0.15, 0.2) is 0 Å². The van der Waals surface area contributed by atoms with Gasteiger partial charge in [0, 0.05) is 6.92 Å². The molecule has 1 rings (SSSR count). The second-order valence-corrected chi connectivity index (χ2v) is 4.29. The number of carbonyl (C=O) groups is 2. The van der Waals surface area contributed by atoms with E-state index in [1.54, 1.807) is 24.3 Å². The Morgan fingerprint density at radius 3 is 2.53 bits per heavy atom. The molecule has 0 aliphatic carbocycles. The highest BCUT2D eigenvalue weighted by atomic mass is 16.5. The van der Waals surface area contributed by atoms with Crippen LogP contribution in [0.15, 0.2) is 24.3 Å². The topological polar surface area (TPSA) is 52.6 Å². The lowest BCUT2D eigenvalue weighted by atomic mass is 10.2. The molecule has 0 saturated heterocycles. The highest BCUT2D eigenvalue weighted by molar-refractivity contribution is 5.93. The van der Waals surface area contributed by atoms with Gasteiger partial charge < -0.3 is 9.47 Å². The van der Waals surface area contributed by atoms with Gasteiger partial charge in [0.25, 0.3) is 0 Å². The molecule has 1 aromatic carbocycles. The van der Waals surface area contributed by atoms with Gasteiger partial charge in [0.05, 0.1) is 6.61 Å². The summed E-state index contributed by atoms with van der Waals surface area (Å²) in [5.41, 5.74) is 0.285.